The largest absolute Gasteiger partial charge is 0.338 e. The minimum atomic E-state index is -3.10. The van der Waals surface area contributed by atoms with E-state index in [1.807, 2.05) is 13.8 Å². The Balaban J connectivity index is 1.68. The lowest BCUT2D eigenvalue weighted by atomic mass is 10.1. The summed E-state index contributed by atoms with van der Waals surface area (Å²) in [5, 5.41) is 0.373. The van der Waals surface area contributed by atoms with Crippen LogP contribution in [0.2, 0.25) is 0 Å². The molecule has 0 saturated carbocycles. The van der Waals surface area contributed by atoms with Crippen molar-refractivity contribution < 1.29 is 17.6 Å². The lowest BCUT2D eigenvalue weighted by Crippen LogP contribution is -2.43. The van der Waals surface area contributed by atoms with E-state index in [2.05, 4.69) is 0 Å². The van der Waals surface area contributed by atoms with Crippen LogP contribution >= 0.6 is 11.3 Å². The maximum absolute atomic E-state index is 13.3. The molecule has 25 heavy (non-hydrogen) atoms. The van der Waals surface area contributed by atoms with Gasteiger partial charge in [-0.3, -0.25) is 4.79 Å². The highest BCUT2D eigenvalue weighted by molar-refractivity contribution is 7.92. The number of carbonyl (C=O) groups excluding carboxylic acids is 1. The second-order valence-electron chi connectivity index (χ2n) is 7.01. The normalized spacial score (nSPS) is 16.7. The number of hydrogen-bond acceptors (Lipinski definition) is 4. The molecule has 1 aromatic carbocycles. The highest BCUT2D eigenvalue weighted by atomic mass is 32.2. The monoisotopic (exact) mass is 383 g/mol. The molecule has 1 amide bonds. The van der Waals surface area contributed by atoms with Gasteiger partial charge in [0, 0.05) is 17.8 Å². The molecule has 1 aliphatic rings. The predicted octanol–water partition coefficient (Wildman–Crippen LogP) is 3.72. The molecule has 7 heteroatoms. The molecule has 4 nitrogen and oxygen atoms in total. The van der Waals surface area contributed by atoms with Gasteiger partial charge >= 0.3 is 0 Å². The molecule has 3 rings (SSSR count). The molecule has 0 atom stereocenters. The third-order valence-electron chi connectivity index (χ3n) is 4.49. The number of likely N-dealkylation sites (tertiary alicyclic amines) is 1. The van der Waals surface area contributed by atoms with Crippen LogP contribution in [-0.2, 0) is 9.84 Å². The van der Waals surface area contributed by atoms with Crippen LogP contribution in [0.3, 0.4) is 0 Å². The van der Waals surface area contributed by atoms with Crippen LogP contribution < -0.4 is 0 Å². The lowest BCUT2D eigenvalue weighted by molar-refractivity contribution is 0.0730. The molecule has 0 radical (unpaired) electrons. The third-order valence-corrected chi connectivity index (χ3v) is 8.21. The Bertz CT molecular complexity index is 881. The fourth-order valence-electron chi connectivity index (χ4n) is 3.29. The Labute approximate surface area is 151 Å². The second kappa shape index (κ2) is 7.03. The molecule has 1 fully saturated rings. The summed E-state index contributed by atoms with van der Waals surface area (Å²) in [6.45, 7) is 4.70. The first-order valence-corrected chi connectivity index (χ1v) is 11.0. The molecule has 2 heterocycles. The number of thiophene rings is 1. The van der Waals surface area contributed by atoms with Crippen molar-refractivity contribution in [3.63, 3.8) is 0 Å². The van der Waals surface area contributed by atoms with E-state index in [0.717, 1.165) is 10.1 Å². The Morgan fingerprint density at radius 2 is 1.96 bits per heavy atom. The fourth-order valence-corrected chi connectivity index (χ4v) is 6.44. The maximum atomic E-state index is 13.3. The van der Waals surface area contributed by atoms with Crippen LogP contribution in [0, 0.1) is 11.7 Å². The zero-order chi connectivity index (χ0) is 18.2. The van der Waals surface area contributed by atoms with Crippen LogP contribution in [0.4, 0.5) is 4.39 Å². The Kier molecular flexibility index (Phi) is 5.16. The van der Waals surface area contributed by atoms with E-state index in [-0.39, 0.29) is 28.6 Å². The molecule has 136 valence electrons. The van der Waals surface area contributed by atoms with Gasteiger partial charge in [-0.2, -0.15) is 0 Å². The number of amides is 1. The summed E-state index contributed by atoms with van der Waals surface area (Å²) in [7, 11) is -3.10. The summed E-state index contributed by atoms with van der Waals surface area (Å²) in [6, 6.07) is 6.20. The lowest BCUT2D eigenvalue weighted by Gasteiger charge is -2.31. The van der Waals surface area contributed by atoms with Gasteiger partial charge in [0.25, 0.3) is 5.91 Å². The number of piperidine rings is 1. The minimum Gasteiger partial charge on any atom is -0.338 e. The molecule has 0 spiro atoms. The van der Waals surface area contributed by atoms with Crippen LogP contribution in [-0.4, -0.2) is 43.3 Å². The van der Waals surface area contributed by atoms with E-state index < -0.39 is 9.84 Å². The highest BCUT2D eigenvalue weighted by Crippen LogP contribution is 2.29. The van der Waals surface area contributed by atoms with Crippen molar-refractivity contribution in [2.24, 2.45) is 5.92 Å². The van der Waals surface area contributed by atoms with Gasteiger partial charge in [0.2, 0.25) is 0 Å². The zero-order valence-electron chi connectivity index (χ0n) is 14.4. The van der Waals surface area contributed by atoms with Gasteiger partial charge in [-0.25, -0.2) is 12.8 Å². The Morgan fingerprint density at radius 1 is 1.28 bits per heavy atom. The van der Waals surface area contributed by atoms with Gasteiger partial charge in [0.05, 0.1) is 15.9 Å². The number of fused-ring (bicyclic) bond motifs is 1. The van der Waals surface area contributed by atoms with E-state index in [9.17, 15) is 17.6 Å². The van der Waals surface area contributed by atoms with E-state index in [0.29, 0.717) is 30.8 Å². The number of carbonyl (C=O) groups is 1. The summed E-state index contributed by atoms with van der Waals surface area (Å²) in [5.74, 6) is -0.0987. The van der Waals surface area contributed by atoms with Crippen molar-refractivity contribution in [2.45, 2.75) is 31.9 Å². The van der Waals surface area contributed by atoms with Crippen molar-refractivity contribution in [3.05, 3.63) is 35.0 Å². The standard InChI is InChI=1S/C18H22FNO3S2/c1-12(2)11-25(22,23)15-5-7-20(8-6-15)18(21)17-10-13-9-14(19)3-4-16(13)24-17/h3-4,9-10,12,15H,5-8,11H2,1-2H3. The first-order valence-electron chi connectivity index (χ1n) is 8.46. The van der Waals surface area contributed by atoms with Gasteiger partial charge in [0.15, 0.2) is 9.84 Å². The van der Waals surface area contributed by atoms with Gasteiger partial charge < -0.3 is 4.90 Å². The van der Waals surface area contributed by atoms with Crippen molar-refractivity contribution in [1.82, 2.24) is 4.90 Å². The quantitative estimate of drug-likeness (QED) is 0.809. The van der Waals surface area contributed by atoms with Crippen molar-refractivity contribution in [2.75, 3.05) is 18.8 Å². The molecule has 1 aliphatic heterocycles. The average Bonchev–Trinajstić information content (AvgIpc) is 2.96. The number of halogens is 1. The van der Waals surface area contributed by atoms with Crippen molar-refractivity contribution >= 4 is 37.2 Å². The molecule has 0 unspecified atom stereocenters. The van der Waals surface area contributed by atoms with E-state index in [1.165, 1.54) is 23.5 Å². The molecular weight excluding hydrogens is 361 g/mol. The van der Waals surface area contributed by atoms with Gasteiger partial charge in [0.1, 0.15) is 5.82 Å². The van der Waals surface area contributed by atoms with Crippen molar-refractivity contribution in [1.29, 1.82) is 0 Å². The smallest absolute Gasteiger partial charge is 0.263 e. The van der Waals surface area contributed by atoms with E-state index in [1.54, 1.807) is 17.0 Å². The molecule has 1 saturated heterocycles. The topological polar surface area (TPSA) is 54.5 Å². The van der Waals surface area contributed by atoms with Gasteiger partial charge in [-0.15, -0.1) is 11.3 Å². The molecule has 0 bridgehead atoms. The van der Waals surface area contributed by atoms with Crippen LogP contribution in [0.5, 0.6) is 0 Å². The number of benzene rings is 1. The van der Waals surface area contributed by atoms with Crippen LogP contribution in [0.1, 0.15) is 36.4 Å². The SMILES string of the molecule is CC(C)CS(=O)(=O)C1CCN(C(=O)c2cc3cc(F)ccc3s2)CC1. The summed E-state index contributed by atoms with van der Waals surface area (Å²) < 4.78 is 38.9. The second-order valence-corrected chi connectivity index (χ2v) is 10.4. The van der Waals surface area contributed by atoms with Crippen LogP contribution in [0.15, 0.2) is 24.3 Å². The third kappa shape index (κ3) is 4.03. The van der Waals surface area contributed by atoms with Crippen molar-refractivity contribution in [3.8, 4) is 0 Å². The number of sulfone groups is 1. The fraction of sp³-hybridized carbons (Fsp3) is 0.500. The summed E-state index contributed by atoms with van der Waals surface area (Å²) in [6.07, 6.45) is 0.973. The molecule has 1 aromatic heterocycles. The predicted molar refractivity (Wildman–Crippen MR) is 99.3 cm³/mol. The van der Waals surface area contributed by atoms with E-state index in [4.69, 9.17) is 0 Å². The maximum Gasteiger partial charge on any atom is 0.263 e. The molecule has 0 N–H and O–H groups in total. The summed E-state index contributed by atoms with van der Waals surface area (Å²) in [4.78, 5) is 15.0. The first-order chi connectivity index (χ1) is 11.8. The molecular formula is C18H22FNO3S2. The summed E-state index contributed by atoms with van der Waals surface area (Å²) >= 11 is 1.35. The molecule has 0 aliphatic carbocycles. The average molecular weight is 384 g/mol. The zero-order valence-corrected chi connectivity index (χ0v) is 16.0. The Morgan fingerprint density at radius 3 is 2.60 bits per heavy atom. The molecule has 2 aromatic rings. The number of nitrogens with zero attached hydrogens (tertiary/aromatic N) is 1. The highest BCUT2D eigenvalue weighted by Gasteiger charge is 2.32. The Hall–Kier alpha value is -1.47. The van der Waals surface area contributed by atoms with Gasteiger partial charge in [-0.1, -0.05) is 13.8 Å². The minimum absolute atomic E-state index is 0.0960. The van der Waals surface area contributed by atoms with E-state index >= 15 is 0 Å². The van der Waals surface area contributed by atoms with Crippen LogP contribution in [0.25, 0.3) is 10.1 Å². The number of hydrogen-bond donors (Lipinski definition) is 0. The summed E-state index contributed by atoms with van der Waals surface area (Å²) in [5.41, 5.74) is 0. The van der Waals surface area contributed by atoms with Gasteiger partial charge in [-0.05, 0) is 48.4 Å². The first kappa shape index (κ1) is 18.3. The number of rotatable bonds is 4.